The molecule has 0 aliphatic heterocycles. The van der Waals surface area contributed by atoms with Crippen LogP contribution in [0, 0.1) is 0 Å². The number of nitrogens with zero attached hydrogens (tertiary/aromatic N) is 4. The van der Waals surface area contributed by atoms with Crippen molar-refractivity contribution < 1.29 is 13.9 Å². The van der Waals surface area contributed by atoms with E-state index in [0.717, 1.165) is 20.9 Å². The van der Waals surface area contributed by atoms with Gasteiger partial charge in [0.25, 0.3) is 16.7 Å². The van der Waals surface area contributed by atoms with E-state index in [4.69, 9.17) is 26.5 Å². The number of anilines is 1. The molecule has 2 aromatic heterocycles. The third-order valence-electron chi connectivity index (χ3n) is 3.95. The number of nitrogen functional groups attached to an aromatic ring is 1. The molecule has 29 heavy (non-hydrogen) atoms. The van der Waals surface area contributed by atoms with E-state index in [1.807, 2.05) is 0 Å². The molecule has 2 heterocycles. The van der Waals surface area contributed by atoms with Crippen molar-refractivity contribution in [3.63, 3.8) is 0 Å². The second-order valence-corrected chi connectivity index (χ2v) is 7.19. The molecule has 3 aromatic rings. The molecule has 10 nitrogen and oxygen atoms in total. The minimum atomic E-state index is -0.754. The van der Waals surface area contributed by atoms with Gasteiger partial charge in [-0.3, -0.25) is 18.7 Å². The topological polar surface area (TPSA) is 135 Å². The molecule has 2 N–H and O–H groups in total. The van der Waals surface area contributed by atoms with E-state index in [9.17, 15) is 14.4 Å². The summed E-state index contributed by atoms with van der Waals surface area (Å²) in [6, 6.07) is 6.94. The number of halogens is 1. The number of hydrogen-bond acceptors (Lipinski definition) is 9. The molecule has 0 atom stereocenters. The SMILES string of the molecule is Cn1c(N)c(C(=O)CSc2nnc(COc3ccccc3Cl)o2)c(=O)n(C)c1=O. The Bertz CT molecular complexity index is 1190. The second kappa shape index (κ2) is 8.53. The predicted octanol–water partition coefficient (Wildman–Crippen LogP) is 1.26. The van der Waals surface area contributed by atoms with E-state index in [1.54, 1.807) is 24.3 Å². The van der Waals surface area contributed by atoms with Gasteiger partial charge in [-0.15, -0.1) is 10.2 Å². The zero-order valence-corrected chi connectivity index (χ0v) is 17.0. The number of aromatic nitrogens is 4. The maximum Gasteiger partial charge on any atom is 0.332 e. The number of carbonyl (C=O) groups is 1. The minimum absolute atomic E-state index is 0.000469. The van der Waals surface area contributed by atoms with E-state index in [0.29, 0.717) is 10.8 Å². The molecule has 0 amide bonds. The van der Waals surface area contributed by atoms with Crippen LogP contribution in [-0.2, 0) is 20.7 Å². The van der Waals surface area contributed by atoms with E-state index in [1.165, 1.54) is 14.1 Å². The van der Waals surface area contributed by atoms with Crippen LogP contribution in [0.2, 0.25) is 5.02 Å². The fourth-order valence-electron chi connectivity index (χ4n) is 2.38. The highest BCUT2D eigenvalue weighted by atomic mass is 35.5. The molecule has 1 aromatic carbocycles. The average molecular weight is 438 g/mol. The van der Waals surface area contributed by atoms with Crippen LogP contribution in [0.25, 0.3) is 0 Å². The maximum atomic E-state index is 12.5. The van der Waals surface area contributed by atoms with Gasteiger partial charge in [0.15, 0.2) is 12.4 Å². The molecule has 0 fully saturated rings. The van der Waals surface area contributed by atoms with Crippen LogP contribution >= 0.6 is 23.4 Å². The van der Waals surface area contributed by atoms with E-state index in [2.05, 4.69) is 10.2 Å². The number of thioether (sulfide) groups is 1. The highest BCUT2D eigenvalue weighted by molar-refractivity contribution is 7.99. The van der Waals surface area contributed by atoms with Crippen molar-refractivity contribution in [2.75, 3.05) is 11.5 Å². The van der Waals surface area contributed by atoms with Crippen LogP contribution in [0.15, 0.2) is 43.5 Å². The second-order valence-electron chi connectivity index (χ2n) is 5.86. The summed E-state index contributed by atoms with van der Waals surface area (Å²) in [6.45, 7) is -0.000469. The highest BCUT2D eigenvalue weighted by Gasteiger charge is 2.21. The van der Waals surface area contributed by atoms with Crippen LogP contribution in [0.1, 0.15) is 16.2 Å². The summed E-state index contributed by atoms with van der Waals surface area (Å²) >= 11 is 6.94. The molecule has 0 saturated heterocycles. The molecular formula is C17H16ClN5O5S. The van der Waals surface area contributed by atoms with Crippen molar-refractivity contribution in [2.24, 2.45) is 14.1 Å². The maximum absolute atomic E-state index is 12.5. The first-order valence-corrected chi connectivity index (χ1v) is 9.57. The lowest BCUT2D eigenvalue weighted by molar-refractivity contribution is 0.102. The summed E-state index contributed by atoms with van der Waals surface area (Å²) in [5, 5.41) is 8.23. The Labute approximate surface area is 173 Å². The van der Waals surface area contributed by atoms with Crippen LogP contribution in [0.4, 0.5) is 5.82 Å². The van der Waals surface area contributed by atoms with Crippen LogP contribution in [-0.4, -0.2) is 30.9 Å². The smallest absolute Gasteiger partial charge is 0.332 e. The number of Topliss-reactive ketones (excluding diaryl/α,β-unsaturated/α-hetero) is 1. The normalized spacial score (nSPS) is 10.9. The molecule has 0 spiro atoms. The predicted molar refractivity (Wildman–Crippen MR) is 106 cm³/mol. The van der Waals surface area contributed by atoms with Crippen LogP contribution in [0.5, 0.6) is 5.75 Å². The fraction of sp³-hybridized carbons (Fsp3) is 0.235. The summed E-state index contributed by atoms with van der Waals surface area (Å²) in [7, 11) is 2.65. The van der Waals surface area contributed by atoms with Crippen molar-refractivity contribution in [3.05, 3.63) is 61.6 Å². The van der Waals surface area contributed by atoms with Gasteiger partial charge < -0.3 is 14.9 Å². The summed E-state index contributed by atoms with van der Waals surface area (Å²) in [5.41, 5.74) is 4.15. The van der Waals surface area contributed by atoms with Gasteiger partial charge >= 0.3 is 5.69 Å². The van der Waals surface area contributed by atoms with Crippen molar-refractivity contribution in [1.82, 2.24) is 19.3 Å². The Balaban J connectivity index is 1.66. The van der Waals surface area contributed by atoms with Crippen molar-refractivity contribution in [1.29, 1.82) is 0 Å². The molecule has 152 valence electrons. The number of nitrogens with two attached hydrogens (primary N) is 1. The Hall–Kier alpha value is -3.05. The molecule has 0 aliphatic carbocycles. The lowest BCUT2D eigenvalue weighted by Gasteiger charge is -2.10. The standard InChI is InChI=1S/C17H16ClN5O5S/c1-22-14(19)13(15(25)23(2)17(22)26)10(24)8-29-16-21-20-12(28-16)7-27-11-6-4-3-5-9(11)18/h3-6H,7-8,19H2,1-2H3. The molecule has 0 radical (unpaired) electrons. The lowest BCUT2D eigenvalue weighted by atomic mass is 10.2. The molecule has 0 saturated carbocycles. The average Bonchev–Trinajstić information content (AvgIpc) is 3.16. The lowest BCUT2D eigenvalue weighted by Crippen LogP contribution is -2.41. The third kappa shape index (κ3) is 4.35. The summed E-state index contributed by atoms with van der Waals surface area (Å²) in [4.78, 5) is 36.5. The van der Waals surface area contributed by atoms with Gasteiger partial charge in [0.05, 0.1) is 10.8 Å². The van der Waals surface area contributed by atoms with Gasteiger partial charge in [-0.1, -0.05) is 35.5 Å². The first-order chi connectivity index (χ1) is 13.8. The van der Waals surface area contributed by atoms with Gasteiger partial charge in [-0.25, -0.2) is 4.79 Å². The zero-order valence-electron chi connectivity index (χ0n) is 15.4. The monoisotopic (exact) mass is 437 g/mol. The quantitative estimate of drug-likeness (QED) is 0.427. The van der Waals surface area contributed by atoms with Gasteiger partial charge in [-0.05, 0) is 12.1 Å². The highest BCUT2D eigenvalue weighted by Crippen LogP contribution is 2.24. The van der Waals surface area contributed by atoms with Crippen molar-refractivity contribution in [2.45, 2.75) is 11.8 Å². The van der Waals surface area contributed by atoms with Gasteiger partial charge in [0, 0.05) is 14.1 Å². The molecule has 3 rings (SSSR count). The molecule has 0 aliphatic rings. The molecular weight excluding hydrogens is 422 g/mol. The number of rotatable bonds is 7. The van der Waals surface area contributed by atoms with Crippen LogP contribution in [0.3, 0.4) is 0 Å². The number of para-hydroxylation sites is 1. The summed E-state index contributed by atoms with van der Waals surface area (Å²) < 4.78 is 12.8. The van der Waals surface area contributed by atoms with E-state index < -0.39 is 17.0 Å². The van der Waals surface area contributed by atoms with E-state index in [-0.39, 0.29) is 34.9 Å². The van der Waals surface area contributed by atoms with Crippen molar-refractivity contribution in [3.8, 4) is 5.75 Å². The molecule has 0 unspecified atom stereocenters. The number of carbonyl (C=O) groups excluding carboxylic acids is 1. The minimum Gasteiger partial charge on any atom is -0.482 e. The molecule has 0 bridgehead atoms. The Morgan fingerprint density at radius 2 is 1.97 bits per heavy atom. The first-order valence-electron chi connectivity index (χ1n) is 8.20. The Morgan fingerprint density at radius 1 is 1.24 bits per heavy atom. The summed E-state index contributed by atoms with van der Waals surface area (Å²) in [5.74, 6) is -0.265. The Morgan fingerprint density at radius 3 is 2.69 bits per heavy atom. The fourth-order valence-corrected chi connectivity index (χ4v) is 3.22. The zero-order chi connectivity index (χ0) is 21.1. The van der Waals surface area contributed by atoms with E-state index >= 15 is 0 Å². The van der Waals surface area contributed by atoms with Crippen molar-refractivity contribution >= 4 is 35.0 Å². The van der Waals surface area contributed by atoms with Gasteiger partial charge in [0.2, 0.25) is 0 Å². The van der Waals surface area contributed by atoms with Crippen LogP contribution < -0.4 is 21.7 Å². The summed E-state index contributed by atoms with van der Waals surface area (Å²) in [6.07, 6.45) is 0. The third-order valence-corrected chi connectivity index (χ3v) is 5.08. The largest absolute Gasteiger partial charge is 0.482 e. The first kappa shape index (κ1) is 20.7. The number of hydrogen-bond donors (Lipinski definition) is 1. The Kier molecular flexibility index (Phi) is 6.09. The number of ether oxygens (including phenoxy) is 1. The molecule has 12 heteroatoms. The van der Waals surface area contributed by atoms with Gasteiger partial charge in [0.1, 0.15) is 17.1 Å². The number of ketones is 1. The number of benzene rings is 1. The van der Waals surface area contributed by atoms with Gasteiger partial charge in [-0.2, -0.15) is 0 Å².